The van der Waals surface area contributed by atoms with Crippen LogP contribution in [-0.2, 0) is 6.18 Å². The highest BCUT2D eigenvalue weighted by molar-refractivity contribution is 6.06. The molecule has 1 heterocycles. The minimum atomic E-state index is -4.69. The average Bonchev–Trinajstić information content (AvgIpc) is 2.80. The number of anilines is 1. The van der Waals surface area contributed by atoms with Crippen molar-refractivity contribution in [2.45, 2.75) is 6.18 Å². The molecule has 0 bridgehead atoms. The number of halogens is 4. The molecule has 0 aliphatic heterocycles. The predicted molar refractivity (Wildman–Crippen MR) is 121 cm³/mol. The number of ether oxygens (including phenoxy) is 3. The van der Waals surface area contributed by atoms with Gasteiger partial charge in [-0.05, 0) is 50.5 Å². The van der Waals surface area contributed by atoms with E-state index in [-0.39, 0.29) is 41.0 Å². The fourth-order valence-corrected chi connectivity index (χ4v) is 2.91. The fraction of sp³-hybridized carbons (Fsp3) is 0.250. The number of nitrogens with zero attached hydrogens (tertiary/aromatic N) is 2. The molecular formula is C24H23F4N3O4. The van der Waals surface area contributed by atoms with Gasteiger partial charge in [0.2, 0.25) is 5.88 Å². The minimum Gasteiger partial charge on any atom is -0.488 e. The molecular weight excluding hydrogens is 470 g/mol. The maximum Gasteiger partial charge on any atom is 0.416 e. The molecule has 0 radical (unpaired) electrons. The van der Waals surface area contributed by atoms with E-state index in [2.05, 4.69) is 10.3 Å². The zero-order valence-electron chi connectivity index (χ0n) is 19.1. The van der Waals surface area contributed by atoms with Gasteiger partial charge < -0.3 is 24.4 Å². The normalized spacial score (nSPS) is 11.3. The van der Waals surface area contributed by atoms with Gasteiger partial charge in [0.05, 0.1) is 18.2 Å². The van der Waals surface area contributed by atoms with Crippen molar-refractivity contribution in [1.82, 2.24) is 9.88 Å². The van der Waals surface area contributed by atoms with E-state index in [1.54, 1.807) is 0 Å². The summed E-state index contributed by atoms with van der Waals surface area (Å²) in [6, 6.07) is 8.83. The standard InChI is InChI=1S/C24H23F4N3O4/c1-31(2)10-11-34-21-13-16(25)5-7-20(21)35-19-6-4-15(24(26,27)28)12-18(19)23(32)30-17-8-9-29-22(14-17)33-3/h4-9,12-14H,10-11H2,1-3H3,(H,29,30,32). The largest absolute Gasteiger partial charge is 0.488 e. The molecule has 2 aromatic carbocycles. The lowest BCUT2D eigenvalue weighted by atomic mass is 10.1. The molecule has 0 saturated heterocycles. The number of rotatable bonds is 9. The van der Waals surface area contributed by atoms with E-state index in [0.29, 0.717) is 12.6 Å². The number of likely N-dealkylation sites (N-methyl/N-ethyl adjacent to an activating group) is 1. The predicted octanol–water partition coefficient (Wildman–Crippen LogP) is 5.23. The van der Waals surface area contributed by atoms with E-state index < -0.39 is 23.5 Å². The zero-order chi connectivity index (χ0) is 25.6. The fourth-order valence-electron chi connectivity index (χ4n) is 2.91. The van der Waals surface area contributed by atoms with Gasteiger partial charge in [0.25, 0.3) is 5.91 Å². The highest BCUT2D eigenvalue weighted by Crippen LogP contribution is 2.37. The SMILES string of the molecule is COc1cc(NC(=O)c2cc(C(F)(F)F)ccc2Oc2ccc(F)cc2OCCN(C)C)ccn1. The van der Waals surface area contributed by atoms with Crippen molar-refractivity contribution in [1.29, 1.82) is 0 Å². The number of amides is 1. The first kappa shape index (κ1) is 25.8. The second-order valence-electron chi connectivity index (χ2n) is 7.59. The third-order valence-corrected chi connectivity index (χ3v) is 4.68. The van der Waals surface area contributed by atoms with Gasteiger partial charge in [-0.3, -0.25) is 4.79 Å². The molecule has 0 unspecified atom stereocenters. The Morgan fingerprint density at radius 1 is 1.03 bits per heavy atom. The first-order valence-electron chi connectivity index (χ1n) is 10.3. The summed E-state index contributed by atoms with van der Waals surface area (Å²) in [5.41, 5.74) is -1.18. The molecule has 1 aromatic heterocycles. The van der Waals surface area contributed by atoms with Gasteiger partial charge in [0.15, 0.2) is 11.5 Å². The summed E-state index contributed by atoms with van der Waals surface area (Å²) < 4.78 is 70.3. The van der Waals surface area contributed by atoms with Gasteiger partial charge in [0.1, 0.15) is 18.2 Å². The number of hydrogen-bond donors (Lipinski definition) is 1. The topological polar surface area (TPSA) is 72.9 Å². The summed E-state index contributed by atoms with van der Waals surface area (Å²) in [5.74, 6) is -1.36. The van der Waals surface area contributed by atoms with Crippen LogP contribution in [-0.4, -0.2) is 50.1 Å². The van der Waals surface area contributed by atoms with Crippen molar-refractivity contribution in [3.63, 3.8) is 0 Å². The molecule has 0 spiro atoms. The number of methoxy groups -OCH3 is 1. The van der Waals surface area contributed by atoms with Crippen LogP contribution >= 0.6 is 0 Å². The van der Waals surface area contributed by atoms with Gasteiger partial charge in [-0.25, -0.2) is 9.37 Å². The average molecular weight is 493 g/mol. The molecule has 1 amide bonds. The molecule has 3 rings (SSSR count). The van der Waals surface area contributed by atoms with Gasteiger partial charge in [-0.15, -0.1) is 0 Å². The summed E-state index contributed by atoms with van der Waals surface area (Å²) in [6.45, 7) is 0.732. The van der Waals surface area contributed by atoms with Crippen LogP contribution in [0.2, 0.25) is 0 Å². The number of carbonyl (C=O) groups is 1. The Hall–Kier alpha value is -3.86. The van der Waals surface area contributed by atoms with Gasteiger partial charge >= 0.3 is 6.18 Å². The summed E-state index contributed by atoms with van der Waals surface area (Å²) in [5, 5.41) is 2.51. The number of carbonyl (C=O) groups excluding carboxylic acids is 1. The van der Waals surface area contributed by atoms with Crippen LogP contribution in [0.3, 0.4) is 0 Å². The van der Waals surface area contributed by atoms with Crippen molar-refractivity contribution in [3.8, 4) is 23.1 Å². The third kappa shape index (κ3) is 7.06. The lowest BCUT2D eigenvalue weighted by Gasteiger charge is -2.17. The Bertz CT molecular complexity index is 1190. The third-order valence-electron chi connectivity index (χ3n) is 4.68. The molecule has 35 heavy (non-hydrogen) atoms. The van der Waals surface area contributed by atoms with Crippen LogP contribution < -0.4 is 19.5 Å². The molecule has 1 N–H and O–H groups in total. The molecule has 11 heteroatoms. The summed E-state index contributed by atoms with van der Waals surface area (Å²) in [6.07, 6.45) is -3.32. The van der Waals surface area contributed by atoms with E-state index in [1.807, 2.05) is 19.0 Å². The Morgan fingerprint density at radius 2 is 1.77 bits per heavy atom. The van der Waals surface area contributed by atoms with E-state index in [9.17, 15) is 22.4 Å². The van der Waals surface area contributed by atoms with Crippen molar-refractivity contribution in [2.24, 2.45) is 0 Å². The quantitative estimate of drug-likeness (QED) is 0.412. The monoisotopic (exact) mass is 493 g/mol. The van der Waals surface area contributed by atoms with Crippen LogP contribution in [0.15, 0.2) is 54.7 Å². The second-order valence-corrected chi connectivity index (χ2v) is 7.59. The summed E-state index contributed by atoms with van der Waals surface area (Å²) >= 11 is 0. The Labute approximate surface area is 199 Å². The number of nitrogens with one attached hydrogen (secondary N) is 1. The number of hydrogen-bond acceptors (Lipinski definition) is 6. The van der Waals surface area contributed by atoms with Crippen LogP contribution in [0.1, 0.15) is 15.9 Å². The Balaban J connectivity index is 1.96. The maximum absolute atomic E-state index is 13.8. The smallest absolute Gasteiger partial charge is 0.416 e. The van der Waals surface area contributed by atoms with Crippen molar-refractivity contribution < 1.29 is 36.6 Å². The zero-order valence-corrected chi connectivity index (χ0v) is 19.1. The Kier molecular flexibility index (Phi) is 8.13. The number of aromatic nitrogens is 1. The van der Waals surface area contributed by atoms with Crippen molar-refractivity contribution >= 4 is 11.6 Å². The molecule has 0 saturated carbocycles. The van der Waals surface area contributed by atoms with Gasteiger partial charge in [0, 0.05) is 30.6 Å². The lowest BCUT2D eigenvalue weighted by molar-refractivity contribution is -0.137. The first-order valence-corrected chi connectivity index (χ1v) is 10.3. The van der Waals surface area contributed by atoms with Crippen LogP contribution in [0.25, 0.3) is 0 Å². The molecule has 0 fully saturated rings. The highest BCUT2D eigenvalue weighted by Gasteiger charge is 2.32. The molecule has 186 valence electrons. The minimum absolute atomic E-state index is 0.0320. The van der Waals surface area contributed by atoms with Crippen LogP contribution in [0.4, 0.5) is 23.2 Å². The van der Waals surface area contributed by atoms with E-state index in [0.717, 1.165) is 24.3 Å². The first-order chi connectivity index (χ1) is 16.6. The number of benzene rings is 2. The van der Waals surface area contributed by atoms with E-state index in [4.69, 9.17) is 14.2 Å². The van der Waals surface area contributed by atoms with Gasteiger partial charge in [-0.2, -0.15) is 13.2 Å². The van der Waals surface area contributed by atoms with Crippen LogP contribution in [0.5, 0.6) is 23.1 Å². The number of alkyl halides is 3. The summed E-state index contributed by atoms with van der Waals surface area (Å²) in [4.78, 5) is 18.7. The van der Waals surface area contributed by atoms with E-state index >= 15 is 0 Å². The molecule has 7 nitrogen and oxygen atoms in total. The molecule has 0 atom stereocenters. The molecule has 3 aromatic rings. The van der Waals surface area contributed by atoms with Crippen molar-refractivity contribution in [3.05, 3.63) is 71.7 Å². The highest BCUT2D eigenvalue weighted by atomic mass is 19.4. The number of pyridine rings is 1. The van der Waals surface area contributed by atoms with Crippen LogP contribution in [0, 0.1) is 5.82 Å². The Morgan fingerprint density at radius 3 is 2.46 bits per heavy atom. The summed E-state index contributed by atoms with van der Waals surface area (Å²) in [7, 11) is 5.04. The second kappa shape index (κ2) is 11.0. The van der Waals surface area contributed by atoms with E-state index in [1.165, 1.54) is 31.5 Å². The molecule has 0 aliphatic carbocycles. The van der Waals surface area contributed by atoms with Gasteiger partial charge in [-0.1, -0.05) is 0 Å². The van der Waals surface area contributed by atoms with Crippen molar-refractivity contribution in [2.75, 3.05) is 39.7 Å². The maximum atomic E-state index is 13.8. The molecule has 0 aliphatic rings. The lowest BCUT2D eigenvalue weighted by Crippen LogP contribution is -2.19.